The second-order valence-corrected chi connectivity index (χ2v) is 4.37. The summed E-state index contributed by atoms with van der Waals surface area (Å²) in [6, 6.07) is 0. The van der Waals surface area contributed by atoms with Crippen molar-refractivity contribution in [1.29, 1.82) is 0 Å². The molecule has 0 saturated heterocycles. The maximum Gasteiger partial charge on any atom is -0.0329 e. The predicted molar refractivity (Wildman–Crippen MR) is 68.8 cm³/mol. The van der Waals surface area contributed by atoms with Crippen molar-refractivity contribution in [3.63, 3.8) is 0 Å². The molecule has 0 radical (unpaired) electrons. The average molecular weight is 200 g/mol. The van der Waals surface area contributed by atoms with E-state index in [1.54, 1.807) is 0 Å². The van der Waals surface area contributed by atoms with Crippen molar-refractivity contribution in [3.8, 4) is 0 Å². The summed E-state index contributed by atoms with van der Waals surface area (Å²) in [5.41, 5.74) is 0.643. The molecule has 88 valence electrons. The zero-order chi connectivity index (χ0) is 11.4. The van der Waals surface area contributed by atoms with Gasteiger partial charge in [0.05, 0.1) is 0 Å². The van der Waals surface area contributed by atoms with E-state index < -0.39 is 0 Å². The quantitative estimate of drug-likeness (QED) is 0.455. The highest BCUT2D eigenvalue weighted by Gasteiger charge is 2.19. The number of hydrogen-bond donors (Lipinski definition) is 0. The van der Waals surface area contributed by atoms with Gasteiger partial charge in [-0.2, -0.15) is 0 Å². The molecular weight excluding hydrogens is 168 g/mol. The van der Waals surface area contributed by atoms with Crippen LogP contribution in [0.5, 0.6) is 0 Å². The molecule has 0 heterocycles. The van der Waals surface area contributed by atoms with E-state index in [2.05, 4.69) is 27.7 Å². The molecule has 0 aliphatic rings. The molecule has 14 heavy (non-hydrogen) atoms. The Hall–Kier alpha value is 0. The van der Waals surface area contributed by atoms with Crippen molar-refractivity contribution in [3.05, 3.63) is 0 Å². The third kappa shape index (κ3) is 8.59. The standard InChI is InChI=1S/C12H26.C2H6/c1-5-8-9-11-12(4,7-3)10-6-2;1-2/h5-11H2,1-4H3;1-2H3. The van der Waals surface area contributed by atoms with Crippen molar-refractivity contribution < 1.29 is 0 Å². The van der Waals surface area contributed by atoms with Gasteiger partial charge >= 0.3 is 0 Å². The van der Waals surface area contributed by atoms with Gasteiger partial charge in [0.25, 0.3) is 0 Å². The third-order valence-corrected chi connectivity index (χ3v) is 3.09. The van der Waals surface area contributed by atoms with E-state index in [9.17, 15) is 0 Å². The number of rotatable bonds is 7. The lowest BCUT2D eigenvalue weighted by Crippen LogP contribution is -2.14. The van der Waals surface area contributed by atoms with Gasteiger partial charge < -0.3 is 0 Å². The van der Waals surface area contributed by atoms with E-state index in [1.165, 1.54) is 44.9 Å². The molecule has 0 fully saturated rings. The minimum Gasteiger partial charge on any atom is -0.0683 e. The first-order valence-corrected chi connectivity index (χ1v) is 6.68. The summed E-state index contributed by atoms with van der Waals surface area (Å²) in [7, 11) is 0. The van der Waals surface area contributed by atoms with Crippen LogP contribution in [0.3, 0.4) is 0 Å². The van der Waals surface area contributed by atoms with Crippen LogP contribution in [0.2, 0.25) is 0 Å². The Bertz CT molecular complexity index is 96.2. The van der Waals surface area contributed by atoms with Gasteiger partial charge in [0.15, 0.2) is 0 Å². The van der Waals surface area contributed by atoms with Crippen LogP contribution in [-0.4, -0.2) is 0 Å². The van der Waals surface area contributed by atoms with Crippen molar-refractivity contribution in [1.82, 2.24) is 0 Å². The minimum atomic E-state index is 0.643. The summed E-state index contributed by atoms with van der Waals surface area (Å²) in [6.07, 6.45) is 9.74. The van der Waals surface area contributed by atoms with E-state index in [4.69, 9.17) is 0 Å². The largest absolute Gasteiger partial charge is 0.0683 e. The molecule has 0 aliphatic heterocycles. The molecule has 0 heteroatoms. The van der Waals surface area contributed by atoms with Crippen LogP contribution in [0.15, 0.2) is 0 Å². The molecule has 0 nitrogen and oxygen atoms in total. The van der Waals surface area contributed by atoms with Gasteiger partial charge in [0, 0.05) is 0 Å². The summed E-state index contributed by atoms with van der Waals surface area (Å²) in [6.45, 7) is 13.4. The van der Waals surface area contributed by atoms with Gasteiger partial charge in [-0.25, -0.2) is 0 Å². The van der Waals surface area contributed by atoms with Crippen LogP contribution in [0.1, 0.15) is 86.5 Å². The van der Waals surface area contributed by atoms with Crippen LogP contribution in [0.4, 0.5) is 0 Å². The molecule has 0 spiro atoms. The Morgan fingerprint density at radius 2 is 1.36 bits per heavy atom. The van der Waals surface area contributed by atoms with Gasteiger partial charge in [-0.1, -0.05) is 73.6 Å². The van der Waals surface area contributed by atoms with Gasteiger partial charge in [-0.05, 0) is 18.3 Å². The van der Waals surface area contributed by atoms with E-state index >= 15 is 0 Å². The lowest BCUT2D eigenvalue weighted by atomic mass is 9.78. The van der Waals surface area contributed by atoms with Crippen LogP contribution < -0.4 is 0 Å². The highest BCUT2D eigenvalue weighted by Crippen LogP contribution is 2.33. The fourth-order valence-electron chi connectivity index (χ4n) is 1.88. The summed E-state index contributed by atoms with van der Waals surface area (Å²) in [5, 5.41) is 0. The van der Waals surface area contributed by atoms with Gasteiger partial charge in [-0.3, -0.25) is 0 Å². The Morgan fingerprint density at radius 3 is 1.71 bits per heavy atom. The van der Waals surface area contributed by atoms with Crippen molar-refractivity contribution >= 4 is 0 Å². The van der Waals surface area contributed by atoms with Crippen LogP contribution in [0.25, 0.3) is 0 Å². The monoisotopic (exact) mass is 200 g/mol. The molecular formula is C14H32. The zero-order valence-electron chi connectivity index (χ0n) is 11.4. The third-order valence-electron chi connectivity index (χ3n) is 3.09. The van der Waals surface area contributed by atoms with Crippen molar-refractivity contribution in [2.45, 2.75) is 86.5 Å². The average Bonchev–Trinajstić information content (AvgIpc) is 2.22. The Balaban J connectivity index is 0. The predicted octanol–water partition coefficient (Wildman–Crippen LogP) is 5.81. The van der Waals surface area contributed by atoms with E-state index in [0.717, 1.165) is 0 Å². The van der Waals surface area contributed by atoms with E-state index in [-0.39, 0.29) is 0 Å². The topological polar surface area (TPSA) is 0 Å². The van der Waals surface area contributed by atoms with Crippen LogP contribution in [-0.2, 0) is 0 Å². The summed E-state index contributed by atoms with van der Waals surface area (Å²) >= 11 is 0. The first-order valence-electron chi connectivity index (χ1n) is 6.68. The normalized spacial score (nSPS) is 14.1. The maximum atomic E-state index is 2.45. The highest BCUT2D eigenvalue weighted by atomic mass is 14.2. The van der Waals surface area contributed by atoms with Gasteiger partial charge in [0.1, 0.15) is 0 Å². The van der Waals surface area contributed by atoms with Crippen LogP contribution in [0, 0.1) is 5.41 Å². The molecule has 0 aromatic heterocycles. The summed E-state index contributed by atoms with van der Waals surface area (Å²) < 4.78 is 0. The molecule has 0 rings (SSSR count). The molecule has 1 atom stereocenters. The Morgan fingerprint density at radius 1 is 0.786 bits per heavy atom. The second-order valence-electron chi connectivity index (χ2n) is 4.37. The summed E-state index contributed by atoms with van der Waals surface area (Å²) in [5.74, 6) is 0. The van der Waals surface area contributed by atoms with Crippen molar-refractivity contribution in [2.24, 2.45) is 5.41 Å². The SMILES string of the molecule is CC.CCCCCC(C)(CC)CCC. The molecule has 0 N–H and O–H groups in total. The smallest absolute Gasteiger partial charge is 0.0329 e. The fourth-order valence-corrected chi connectivity index (χ4v) is 1.88. The van der Waals surface area contributed by atoms with Gasteiger partial charge in [0.2, 0.25) is 0 Å². The van der Waals surface area contributed by atoms with Crippen molar-refractivity contribution in [2.75, 3.05) is 0 Å². The van der Waals surface area contributed by atoms with Crippen LogP contribution >= 0.6 is 0 Å². The maximum absolute atomic E-state index is 2.45. The molecule has 0 aromatic carbocycles. The molecule has 0 saturated carbocycles. The number of unbranched alkanes of at least 4 members (excludes halogenated alkanes) is 2. The first-order chi connectivity index (χ1) is 6.68. The fraction of sp³-hybridized carbons (Fsp3) is 1.00. The lowest BCUT2D eigenvalue weighted by molar-refractivity contribution is 0.249. The highest BCUT2D eigenvalue weighted by molar-refractivity contribution is 4.71. The Kier molecular flexibility index (Phi) is 13.0. The molecule has 1 unspecified atom stereocenters. The Labute approximate surface area is 92.5 Å². The van der Waals surface area contributed by atoms with E-state index in [0.29, 0.717) is 5.41 Å². The lowest BCUT2D eigenvalue weighted by Gasteiger charge is -2.27. The minimum absolute atomic E-state index is 0.643. The molecule has 0 aromatic rings. The first kappa shape index (κ1) is 16.4. The molecule has 0 bridgehead atoms. The molecule has 0 amide bonds. The molecule has 0 aliphatic carbocycles. The number of hydrogen-bond acceptors (Lipinski definition) is 0. The second kappa shape index (κ2) is 11.1. The zero-order valence-corrected chi connectivity index (χ0v) is 11.4. The van der Waals surface area contributed by atoms with Gasteiger partial charge in [-0.15, -0.1) is 0 Å². The van der Waals surface area contributed by atoms with E-state index in [1.807, 2.05) is 13.8 Å². The summed E-state index contributed by atoms with van der Waals surface area (Å²) in [4.78, 5) is 0.